The Kier molecular flexibility index (Phi) is 5.72. The summed E-state index contributed by atoms with van der Waals surface area (Å²) in [7, 11) is 0. The summed E-state index contributed by atoms with van der Waals surface area (Å²) in [6.07, 6.45) is 0.412. The highest BCUT2D eigenvalue weighted by molar-refractivity contribution is 5.80. The fourth-order valence-corrected chi connectivity index (χ4v) is 1.39. The van der Waals surface area contributed by atoms with E-state index in [1.54, 1.807) is 0 Å². The van der Waals surface area contributed by atoms with Crippen molar-refractivity contribution in [3.05, 3.63) is 29.8 Å². The molecule has 0 aliphatic heterocycles. The van der Waals surface area contributed by atoms with Gasteiger partial charge in [-0.05, 0) is 23.6 Å². The Hall–Kier alpha value is -2.02. The van der Waals surface area contributed by atoms with Crippen molar-refractivity contribution < 1.29 is 4.79 Å². The standard InChI is InChI=1S/C14H19N3O/c1-11(2)9-17-14(18)10-16-13-5-3-12(4-6-13)7-8-15/h3-6,11,16H,7,9-10H2,1-2H3,(H,17,18). The zero-order chi connectivity index (χ0) is 13.4. The van der Waals surface area contributed by atoms with Crippen molar-refractivity contribution in [1.82, 2.24) is 5.32 Å². The fraction of sp³-hybridized carbons (Fsp3) is 0.429. The van der Waals surface area contributed by atoms with Gasteiger partial charge in [-0.3, -0.25) is 4.79 Å². The maximum atomic E-state index is 11.5. The second-order valence-corrected chi connectivity index (χ2v) is 4.58. The van der Waals surface area contributed by atoms with Gasteiger partial charge in [0.1, 0.15) is 0 Å². The number of nitrogens with one attached hydrogen (secondary N) is 2. The lowest BCUT2D eigenvalue weighted by Gasteiger charge is -2.09. The second kappa shape index (κ2) is 7.33. The van der Waals surface area contributed by atoms with Crippen LogP contribution >= 0.6 is 0 Å². The molecule has 0 fully saturated rings. The predicted octanol–water partition coefficient (Wildman–Crippen LogP) is 1.94. The molecule has 18 heavy (non-hydrogen) atoms. The number of carbonyl (C=O) groups excluding carboxylic acids is 1. The van der Waals surface area contributed by atoms with Crippen LogP contribution in [0.4, 0.5) is 5.69 Å². The van der Waals surface area contributed by atoms with Crippen LogP contribution in [0.5, 0.6) is 0 Å². The molecule has 2 N–H and O–H groups in total. The van der Waals surface area contributed by atoms with Crippen molar-refractivity contribution in [3.63, 3.8) is 0 Å². The summed E-state index contributed by atoms with van der Waals surface area (Å²) in [5.74, 6) is 0.448. The highest BCUT2D eigenvalue weighted by Crippen LogP contribution is 2.09. The van der Waals surface area contributed by atoms with E-state index in [1.807, 2.05) is 24.3 Å². The third kappa shape index (κ3) is 5.35. The predicted molar refractivity (Wildman–Crippen MR) is 72.1 cm³/mol. The normalized spacial score (nSPS) is 9.89. The van der Waals surface area contributed by atoms with E-state index in [0.29, 0.717) is 18.9 Å². The topological polar surface area (TPSA) is 64.9 Å². The van der Waals surface area contributed by atoms with Crippen LogP contribution in [0.15, 0.2) is 24.3 Å². The summed E-state index contributed by atoms with van der Waals surface area (Å²) in [5.41, 5.74) is 1.86. The van der Waals surface area contributed by atoms with Crippen molar-refractivity contribution in [2.24, 2.45) is 5.92 Å². The van der Waals surface area contributed by atoms with Gasteiger partial charge in [-0.2, -0.15) is 5.26 Å². The molecule has 0 aliphatic rings. The molecular weight excluding hydrogens is 226 g/mol. The molecule has 0 saturated heterocycles. The number of hydrogen-bond acceptors (Lipinski definition) is 3. The Bertz CT molecular complexity index is 418. The van der Waals surface area contributed by atoms with Crippen LogP contribution in [0.25, 0.3) is 0 Å². The largest absolute Gasteiger partial charge is 0.376 e. The number of nitrogens with zero attached hydrogens (tertiary/aromatic N) is 1. The molecule has 0 aromatic heterocycles. The van der Waals surface area contributed by atoms with E-state index in [0.717, 1.165) is 11.3 Å². The number of anilines is 1. The highest BCUT2D eigenvalue weighted by Gasteiger charge is 2.02. The summed E-state index contributed by atoms with van der Waals surface area (Å²) in [6.45, 7) is 5.08. The Labute approximate surface area is 108 Å². The van der Waals surface area contributed by atoms with Crippen LogP contribution in [0.2, 0.25) is 0 Å². The molecule has 0 unspecified atom stereocenters. The minimum Gasteiger partial charge on any atom is -0.376 e. The van der Waals surface area contributed by atoms with Crippen molar-refractivity contribution in [3.8, 4) is 6.07 Å². The van der Waals surface area contributed by atoms with E-state index >= 15 is 0 Å². The van der Waals surface area contributed by atoms with Crippen molar-refractivity contribution in [2.75, 3.05) is 18.4 Å². The second-order valence-electron chi connectivity index (χ2n) is 4.58. The number of benzene rings is 1. The van der Waals surface area contributed by atoms with E-state index in [-0.39, 0.29) is 12.5 Å². The molecule has 4 heteroatoms. The molecule has 1 aromatic rings. The van der Waals surface area contributed by atoms with Gasteiger partial charge in [0.15, 0.2) is 0 Å². The number of nitriles is 1. The van der Waals surface area contributed by atoms with Crippen molar-refractivity contribution in [2.45, 2.75) is 20.3 Å². The molecule has 0 bridgehead atoms. The quantitative estimate of drug-likeness (QED) is 0.805. The molecule has 0 radical (unpaired) electrons. The average Bonchev–Trinajstić information content (AvgIpc) is 2.36. The summed E-state index contributed by atoms with van der Waals surface area (Å²) in [5, 5.41) is 14.4. The first-order valence-corrected chi connectivity index (χ1v) is 6.08. The Morgan fingerprint density at radius 3 is 2.56 bits per heavy atom. The third-order valence-electron chi connectivity index (χ3n) is 2.40. The van der Waals surface area contributed by atoms with Crippen molar-refractivity contribution in [1.29, 1.82) is 5.26 Å². The van der Waals surface area contributed by atoms with Crippen LogP contribution in [0, 0.1) is 17.2 Å². The molecule has 0 atom stereocenters. The maximum absolute atomic E-state index is 11.5. The lowest BCUT2D eigenvalue weighted by atomic mass is 10.1. The molecule has 0 spiro atoms. The lowest BCUT2D eigenvalue weighted by Crippen LogP contribution is -2.32. The molecule has 1 aromatic carbocycles. The third-order valence-corrected chi connectivity index (χ3v) is 2.40. The molecule has 0 saturated carbocycles. The van der Waals surface area contributed by atoms with Gasteiger partial charge >= 0.3 is 0 Å². The van der Waals surface area contributed by atoms with Crippen LogP contribution in [0.1, 0.15) is 19.4 Å². The molecular formula is C14H19N3O. The Morgan fingerprint density at radius 2 is 2.00 bits per heavy atom. The summed E-state index contributed by atoms with van der Waals surface area (Å²) >= 11 is 0. The van der Waals surface area contributed by atoms with Gasteiger partial charge in [-0.15, -0.1) is 0 Å². The Morgan fingerprint density at radius 1 is 1.33 bits per heavy atom. The first kappa shape index (κ1) is 14.0. The van der Waals surface area contributed by atoms with Crippen LogP contribution in [-0.4, -0.2) is 19.0 Å². The molecule has 96 valence electrons. The van der Waals surface area contributed by atoms with E-state index in [2.05, 4.69) is 30.6 Å². The first-order chi connectivity index (χ1) is 8.61. The number of amides is 1. The summed E-state index contributed by atoms with van der Waals surface area (Å²) < 4.78 is 0. The van der Waals surface area contributed by atoms with Crippen molar-refractivity contribution >= 4 is 11.6 Å². The maximum Gasteiger partial charge on any atom is 0.239 e. The van der Waals surface area contributed by atoms with Gasteiger partial charge in [-0.25, -0.2) is 0 Å². The summed E-state index contributed by atoms with van der Waals surface area (Å²) in [6, 6.07) is 9.62. The minimum atomic E-state index is -0.00944. The van der Waals surface area contributed by atoms with Crippen LogP contribution in [-0.2, 0) is 11.2 Å². The zero-order valence-electron chi connectivity index (χ0n) is 10.9. The highest BCUT2D eigenvalue weighted by atomic mass is 16.1. The number of rotatable bonds is 6. The van der Waals surface area contributed by atoms with Gasteiger partial charge in [0.2, 0.25) is 5.91 Å². The Balaban J connectivity index is 2.35. The van der Waals surface area contributed by atoms with Crippen LogP contribution < -0.4 is 10.6 Å². The van der Waals surface area contributed by atoms with Gasteiger partial charge in [0, 0.05) is 12.2 Å². The van der Waals surface area contributed by atoms with E-state index < -0.39 is 0 Å². The molecule has 0 aliphatic carbocycles. The number of carbonyl (C=O) groups is 1. The first-order valence-electron chi connectivity index (χ1n) is 6.08. The zero-order valence-corrected chi connectivity index (χ0v) is 10.9. The van der Waals surface area contributed by atoms with Gasteiger partial charge in [0.25, 0.3) is 0 Å². The minimum absolute atomic E-state index is 0.00944. The fourth-order valence-electron chi connectivity index (χ4n) is 1.39. The van der Waals surface area contributed by atoms with Gasteiger partial charge in [-0.1, -0.05) is 26.0 Å². The smallest absolute Gasteiger partial charge is 0.239 e. The SMILES string of the molecule is CC(C)CNC(=O)CNc1ccc(CC#N)cc1. The van der Waals surface area contributed by atoms with Gasteiger partial charge < -0.3 is 10.6 Å². The van der Waals surface area contributed by atoms with E-state index in [4.69, 9.17) is 5.26 Å². The molecule has 1 rings (SSSR count). The molecule has 0 heterocycles. The average molecular weight is 245 g/mol. The van der Waals surface area contributed by atoms with E-state index in [9.17, 15) is 4.79 Å². The lowest BCUT2D eigenvalue weighted by molar-refractivity contribution is -0.119. The summed E-state index contributed by atoms with van der Waals surface area (Å²) in [4.78, 5) is 11.5. The molecule has 1 amide bonds. The molecule has 4 nitrogen and oxygen atoms in total. The number of hydrogen-bond donors (Lipinski definition) is 2. The van der Waals surface area contributed by atoms with Crippen LogP contribution in [0.3, 0.4) is 0 Å². The van der Waals surface area contributed by atoms with Gasteiger partial charge in [0.05, 0.1) is 19.0 Å². The van der Waals surface area contributed by atoms with E-state index in [1.165, 1.54) is 0 Å². The monoisotopic (exact) mass is 245 g/mol.